The summed E-state index contributed by atoms with van der Waals surface area (Å²) < 4.78 is 2.26. The van der Waals surface area contributed by atoms with Gasteiger partial charge in [-0.15, -0.1) is 0 Å². The zero-order valence-corrected chi connectivity index (χ0v) is 15.8. The molecule has 0 unspecified atom stereocenters. The maximum absolute atomic E-state index is 4.83. The molecule has 0 amide bonds. The van der Waals surface area contributed by atoms with Crippen LogP contribution >= 0.6 is 0 Å². The zero-order chi connectivity index (χ0) is 17.7. The van der Waals surface area contributed by atoms with E-state index in [1.807, 2.05) is 19.9 Å². The van der Waals surface area contributed by atoms with E-state index in [0.717, 1.165) is 17.8 Å². The van der Waals surface area contributed by atoms with E-state index >= 15 is 0 Å². The van der Waals surface area contributed by atoms with Crippen LogP contribution in [0.15, 0.2) is 54.7 Å². The number of aryl methyl sites for hydroxylation is 1. The Morgan fingerprint density at radius 2 is 1.54 bits per heavy atom. The van der Waals surface area contributed by atoms with Gasteiger partial charge < -0.3 is 0 Å². The Kier molecular flexibility index (Phi) is 5.71. The maximum atomic E-state index is 4.83. The van der Waals surface area contributed by atoms with Crippen molar-refractivity contribution in [2.24, 2.45) is 0 Å². The van der Waals surface area contributed by atoms with E-state index in [2.05, 4.69) is 80.9 Å². The lowest BCUT2D eigenvalue weighted by molar-refractivity contribution is -0.667. The van der Waals surface area contributed by atoms with Gasteiger partial charge in [0.25, 0.3) is 0 Å². The molecule has 0 saturated heterocycles. The van der Waals surface area contributed by atoms with Crippen LogP contribution in [0.25, 0.3) is 22.3 Å². The third kappa shape index (κ3) is 3.81. The summed E-state index contributed by atoms with van der Waals surface area (Å²) in [6, 6.07) is 17.1. The SMILES string of the molecule is CC.CC[n+]1cc(-c2ccc(C(C)(C)C)cc2)nc2ccccc21. The maximum Gasteiger partial charge on any atom is 0.231 e. The Morgan fingerprint density at radius 1 is 0.917 bits per heavy atom. The van der Waals surface area contributed by atoms with Gasteiger partial charge >= 0.3 is 0 Å². The molecule has 0 radical (unpaired) electrons. The average molecular weight is 321 g/mol. The van der Waals surface area contributed by atoms with Crippen LogP contribution in [0.2, 0.25) is 0 Å². The Bertz CT molecular complexity index is 796. The van der Waals surface area contributed by atoms with Gasteiger partial charge in [-0.05, 0) is 24.0 Å². The quantitative estimate of drug-likeness (QED) is 0.567. The molecule has 2 aromatic carbocycles. The first kappa shape index (κ1) is 18.1. The van der Waals surface area contributed by atoms with Gasteiger partial charge in [0.15, 0.2) is 6.20 Å². The van der Waals surface area contributed by atoms with E-state index in [1.165, 1.54) is 16.6 Å². The number of aromatic nitrogens is 2. The number of rotatable bonds is 2. The van der Waals surface area contributed by atoms with Crippen LogP contribution in [-0.2, 0) is 12.0 Å². The lowest BCUT2D eigenvalue weighted by atomic mass is 9.86. The van der Waals surface area contributed by atoms with Crippen molar-refractivity contribution >= 4 is 11.0 Å². The molecule has 24 heavy (non-hydrogen) atoms. The molecule has 0 saturated carbocycles. The van der Waals surface area contributed by atoms with Crippen LogP contribution in [0.5, 0.6) is 0 Å². The first-order valence-electron chi connectivity index (χ1n) is 8.89. The summed E-state index contributed by atoms with van der Waals surface area (Å²) in [5, 5.41) is 0. The van der Waals surface area contributed by atoms with Gasteiger partial charge in [-0.3, -0.25) is 0 Å². The molecule has 1 heterocycles. The molecule has 3 aromatic rings. The Balaban J connectivity index is 0.00000100. The molecule has 2 heteroatoms. The fourth-order valence-electron chi connectivity index (χ4n) is 2.72. The molecule has 0 bridgehead atoms. The van der Waals surface area contributed by atoms with Crippen molar-refractivity contribution in [2.45, 2.75) is 53.5 Å². The summed E-state index contributed by atoms with van der Waals surface area (Å²) in [5.41, 5.74) is 5.95. The standard InChI is InChI=1S/C20H23N2.C2H6/c1-5-22-14-18(21-17-8-6-7-9-19(17)22)15-10-12-16(13-11-15)20(2,3)4;1-2/h6-14H,5H2,1-4H3;1-2H3/q+1;. The highest BCUT2D eigenvalue weighted by Crippen LogP contribution is 2.25. The van der Waals surface area contributed by atoms with Gasteiger partial charge in [-0.2, -0.15) is 4.57 Å². The zero-order valence-electron chi connectivity index (χ0n) is 15.8. The smallest absolute Gasteiger partial charge is 0.231 e. The molecule has 0 fully saturated rings. The number of fused-ring (bicyclic) bond motifs is 1. The summed E-state index contributed by atoms with van der Waals surface area (Å²) in [6.07, 6.45) is 2.15. The van der Waals surface area contributed by atoms with Crippen molar-refractivity contribution in [2.75, 3.05) is 0 Å². The second kappa shape index (κ2) is 7.57. The lowest BCUT2D eigenvalue weighted by Gasteiger charge is -2.19. The van der Waals surface area contributed by atoms with Crippen molar-refractivity contribution < 1.29 is 4.57 Å². The van der Waals surface area contributed by atoms with Gasteiger partial charge in [0.1, 0.15) is 17.8 Å². The number of hydrogen-bond donors (Lipinski definition) is 0. The summed E-state index contributed by atoms with van der Waals surface area (Å²) in [4.78, 5) is 4.83. The van der Waals surface area contributed by atoms with E-state index in [-0.39, 0.29) is 5.41 Å². The van der Waals surface area contributed by atoms with Crippen LogP contribution in [0.1, 0.15) is 47.1 Å². The first-order chi connectivity index (χ1) is 11.5. The monoisotopic (exact) mass is 321 g/mol. The predicted molar refractivity (Wildman–Crippen MR) is 103 cm³/mol. The number of para-hydroxylation sites is 2. The fraction of sp³-hybridized carbons (Fsp3) is 0.364. The molecule has 2 nitrogen and oxygen atoms in total. The van der Waals surface area contributed by atoms with Crippen LogP contribution in [-0.4, -0.2) is 4.98 Å². The first-order valence-corrected chi connectivity index (χ1v) is 8.89. The summed E-state index contributed by atoms with van der Waals surface area (Å²) >= 11 is 0. The topological polar surface area (TPSA) is 16.8 Å². The summed E-state index contributed by atoms with van der Waals surface area (Å²) in [7, 11) is 0. The Labute approximate surface area is 146 Å². The predicted octanol–water partition coefficient (Wildman–Crippen LogP) is 5.53. The molecule has 0 atom stereocenters. The minimum atomic E-state index is 0.179. The Hall–Kier alpha value is -2.22. The third-order valence-corrected chi connectivity index (χ3v) is 4.10. The summed E-state index contributed by atoms with van der Waals surface area (Å²) in [5.74, 6) is 0. The largest absolute Gasteiger partial charge is 0.235 e. The number of hydrogen-bond acceptors (Lipinski definition) is 1. The molecule has 3 rings (SSSR count). The van der Waals surface area contributed by atoms with Crippen molar-refractivity contribution in [3.8, 4) is 11.3 Å². The highest BCUT2D eigenvalue weighted by atomic mass is 15.0. The molecule has 0 N–H and O–H groups in total. The molecular weight excluding hydrogens is 292 g/mol. The highest BCUT2D eigenvalue weighted by molar-refractivity contribution is 5.73. The van der Waals surface area contributed by atoms with Gasteiger partial charge in [0.2, 0.25) is 5.52 Å². The minimum Gasteiger partial charge on any atom is -0.235 e. The lowest BCUT2D eigenvalue weighted by Crippen LogP contribution is -2.33. The van der Waals surface area contributed by atoms with E-state index in [0.29, 0.717) is 0 Å². The van der Waals surface area contributed by atoms with Gasteiger partial charge in [-0.1, -0.05) is 71.0 Å². The van der Waals surface area contributed by atoms with Crippen LogP contribution in [0.3, 0.4) is 0 Å². The van der Waals surface area contributed by atoms with Gasteiger partial charge in [0, 0.05) is 11.6 Å². The summed E-state index contributed by atoms with van der Waals surface area (Å²) in [6.45, 7) is 13.8. The van der Waals surface area contributed by atoms with E-state index < -0.39 is 0 Å². The van der Waals surface area contributed by atoms with Crippen LogP contribution in [0, 0.1) is 0 Å². The molecule has 0 spiro atoms. The molecule has 1 aromatic heterocycles. The van der Waals surface area contributed by atoms with Crippen LogP contribution in [0.4, 0.5) is 0 Å². The second-order valence-corrected chi connectivity index (χ2v) is 6.73. The van der Waals surface area contributed by atoms with Gasteiger partial charge in [-0.25, -0.2) is 4.98 Å². The van der Waals surface area contributed by atoms with Gasteiger partial charge in [0.05, 0.1) is 0 Å². The van der Waals surface area contributed by atoms with Crippen molar-refractivity contribution in [3.63, 3.8) is 0 Å². The molecular formula is C22H29N2+. The molecule has 0 aliphatic heterocycles. The third-order valence-electron chi connectivity index (χ3n) is 4.10. The normalized spacial score (nSPS) is 11.1. The molecule has 126 valence electrons. The number of nitrogens with zero attached hydrogens (tertiary/aromatic N) is 2. The van der Waals surface area contributed by atoms with E-state index in [9.17, 15) is 0 Å². The second-order valence-electron chi connectivity index (χ2n) is 6.73. The molecule has 0 aliphatic rings. The average Bonchev–Trinajstić information content (AvgIpc) is 2.62. The minimum absolute atomic E-state index is 0.179. The van der Waals surface area contributed by atoms with E-state index in [1.54, 1.807) is 0 Å². The van der Waals surface area contributed by atoms with Crippen LogP contribution < -0.4 is 4.57 Å². The van der Waals surface area contributed by atoms with E-state index in [4.69, 9.17) is 4.98 Å². The fourth-order valence-corrected chi connectivity index (χ4v) is 2.72. The highest BCUT2D eigenvalue weighted by Gasteiger charge is 2.15. The van der Waals surface area contributed by atoms with Crippen molar-refractivity contribution in [1.29, 1.82) is 0 Å². The van der Waals surface area contributed by atoms with Crippen molar-refractivity contribution in [3.05, 3.63) is 60.3 Å². The number of benzene rings is 2. The van der Waals surface area contributed by atoms with Crippen molar-refractivity contribution in [1.82, 2.24) is 4.98 Å². The molecule has 0 aliphatic carbocycles. The Morgan fingerprint density at radius 3 is 2.12 bits per heavy atom.